The molecule has 1 amide bonds. The molecule has 8 heteroatoms. The standard InChI is InChI=1S/C18H30N4O3S/c1-3-22(4-2)26(24,25)17-8-6-16(7-9-17)18(23)20-10-5-13-21-14-11-19-12-15-21/h6-9,19H,3-5,10-15H2,1-2H3,(H,20,23). The third-order valence-electron chi connectivity index (χ3n) is 4.61. The Hall–Kier alpha value is -1.48. The number of piperazine rings is 1. The Morgan fingerprint density at radius 3 is 2.35 bits per heavy atom. The molecule has 2 N–H and O–H groups in total. The SMILES string of the molecule is CCN(CC)S(=O)(=O)c1ccc(C(=O)NCCCN2CCNCC2)cc1. The molecule has 1 aromatic carbocycles. The molecule has 26 heavy (non-hydrogen) atoms. The van der Waals surface area contributed by atoms with Gasteiger partial charge >= 0.3 is 0 Å². The van der Waals surface area contributed by atoms with Crippen LogP contribution in [0.5, 0.6) is 0 Å². The van der Waals surface area contributed by atoms with Crippen LogP contribution in [-0.2, 0) is 10.0 Å². The number of sulfonamides is 1. The highest BCUT2D eigenvalue weighted by atomic mass is 32.2. The van der Waals surface area contributed by atoms with Crippen molar-refractivity contribution in [1.29, 1.82) is 0 Å². The molecule has 1 saturated heterocycles. The summed E-state index contributed by atoms with van der Waals surface area (Å²) in [6.45, 7) is 10.2. The molecule has 146 valence electrons. The molecule has 1 fully saturated rings. The van der Waals surface area contributed by atoms with E-state index in [-0.39, 0.29) is 10.8 Å². The lowest BCUT2D eigenvalue weighted by Crippen LogP contribution is -2.44. The number of carbonyl (C=O) groups excluding carboxylic acids is 1. The number of amides is 1. The minimum Gasteiger partial charge on any atom is -0.352 e. The zero-order chi connectivity index (χ0) is 19.0. The summed E-state index contributed by atoms with van der Waals surface area (Å²) in [5.74, 6) is -0.169. The minimum atomic E-state index is -3.49. The molecule has 0 aliphatic carbocycles. The van der Waals surface area contributed by atoms with Crippen LogP contribution in [-0.4, -0.2) is 75.9 Å². The van der Waals surface area contributed by atoms with E-state index in [2.05, 4.69) is 15.5 Å². The average Bonchev–Trinajstić information content (AvgIpc) is 2.67. The quantitative estimate of drug-likeness (QED) is 0.616. The highest BCUT2D eigenvalue weighted by Gasteiger charge is 2.21. The molecule has 0 bridgehead atoms. The maximum atomic E-state index is 12.5. The van der Waals surface area contributed by atoms with Crippen LogP contribution in [0.15, 0.2) is 29.2 Å². The van der Waals surface area contributed by atoms with Crippen molar-refractivity contribution in [3.05, 3.63) is 29.8 Å². The lowest BCUT2D eigenvalue weighted by molar-refractivity contribution is 0.0951. The third-order valence-corrected chi connectivity index (χ3v) is 6.67. The second-order valence-corrected chi connectivity index (χ2v) is 8.25. The Balaban J connectivity index is 1.84. The molecule has 0 aromatic heterocycles. The normalized spacial score (nSPS) is 16.0. The fourth-order valence-corrected chi connectivity index (χ4v) is 4.49. The summed E-state index contributed by atoms with van der Waals surface area (Å²) in [7, 11) is -3.49. The zero-order valence-electron chi connectivity index (χ0n) is 15.7. The lowest BCUT2D eigenvalue weighted by atomic mass is 10.2. The zero-order valence-corrected chi connectivity index (χ0v) is 16.5. The molecule has 1 aliphatic heterocycles. The predicted molar refractivity (Wildman–Crippen MR) is 103 cm³/mol. The Kier molecular flexibility index (Phi) is 8.02. The van der Waals surface area contributed by atoms with E-state index in [0.717, 1.165) is 39.1 Å². The second-order valence-electron chi connectivity index (χ2n) is 6.31. The molecule has 1 aliphatic rings. The van der Waals surface area contributed by atoms with Gasteiger partial charge < -0.3 is 15.5 Å². The molecular weight excluding hydrogens is 352 g/mol. The average molecular weight is 383 g/mol. The number of benzene rings is 1. The van der Waals surface area contributed by atoms with Crippen molar-refractivity contribution in [3.8, 4) is 0 Å². The molecule has 1 aromatic rings. The summed E-state index contributed by atoms with van der Waals surface area (Å²) in [6.07, 6.45) is 0.903. The fraction of sp³-hybridized carbons (Fsp3) is 0.611. The van der Waals surface area contributed by atoms with Crippen molar-refractivity contribution in [1.82, 2.24) is 19.8 Å². The van der Waals surface area contributed by atoms with Crippen LogP contribution in [0.25, 0.3) is 0 Å². The minimum absolute atomic E-state index is 0.169. The van der Waals surface area contributed by atoms with Crippen LogP contribution < -0.4 is 10.6 Å². The smallest absolute Gasteiger partial charge is 0.251 e. The number of nitrogens with zero attached hydrogens (tertiary/aromatic N) is 2. The van der Waals surface area contributed by atoms with Gasteiger partial charge in [0.2, 0.25) is 10.0 Å². The largest absolute Gasteiger partial charge is 0.352 e. The van der Waals surface area contributed by atoms with E-state index in [1.54, 1.807) is 12.1 Å². The first-order chi connectivity index (χ1) is 12.5. The number of nitrogens with one attached hydrogen (secondary N) is 2. The van der Waals surface area contributed by atoms with Gasteiger partial charge in [0.1, 0.15) is 0 Å². The van der Waals surface area contributed by atoms with Crippen LogP contribution in [0.4, 0.5) is 0 Å². The van der Waals surface area contributed by atoms with Crippen LogP contribution >= 0.6 is 0 Å². The van der Waals surface area contributed by atoms with Crippen molar-refractivity contribution in [2.24, 2.45) is 0 Å². The summed E-state index contributed by atoms with van der Waals surface area (Å²) in [5, 5.41) is 6.22. The molecule has 0 atom stereocenters. The van der Waals surface area contributed by atoms with Crippen molar-refractivity contribution >= 4 is 15.9 Å². The number of rotatable bonds is 9. The number of carbonyl (C=O) groups is 1. The highest BCUT2D eigenvalue weighted by molar-refractivity contribution is 7.89. The summed E-state index contributed by atoms with van der Waals surface area (Å²) < 4.78 is 26.3. The first-order valence-electron chi connectivity index (χ1n) is 9.30. The van der Waals surface area contributed by atoms with E-state index in [0.29, 0.717) is 25.2 Å². The lowest BCUT2D eigenvalue weighted by Gasteiger charge is -2.27. The van der Waals surface area contributed by atoms with Crippen LogP contribution in [0.2, 0.25) is 0 Å². The first kappa shape index (κ1) is 20.8. The predicted octanol–water partition coefficient (Wildman–Crippen LogP) is 0.742. The van der Waals surface area contributed by atoms with Crippen molar-refractivity contribution < 1.29 is 13.2 Å². The second kappa shape index (κ2) is 10.0. The fourth-order valence-electron chi connectivity index (χ4n) is 3.03. The molecule has 0 saturated carbocycles. The molecular formula is C18H30N4O3S. The number of hydrogen-bond acceptors (Lipinski definition) is 5. The Morgan fingerprint density at radius 2 is 1.77 bits per heavy atom. The topological polar surface area (TPSA) is 81.8 Å². The van der Waals surface area contributed by atoms with Gasteiger partial charge in [0, 0.05) is 51.4 Å². The molecule has 7 nitrogen and oxygen atoms in total. The summed E-state index contributed by atoms with van der Waals surface area (Å²) in [6, 6.07) is 6.15. The van der Waals surface area contributed by atoms with E-state index in [4.69, 9.17) is 0 Å². The Bertz CT molecular complexity index is 666. The van der Waals surface area contributed by atoms with Gasteiger partial charge in [-0.1, -0.05) is 13.8 Å². The van der Waals surface area contributed by atoms with Gasteiger partial charge in [-0.05, 0) is 37.2 Å². The van der Waals surface area contributed by atoms with Gasteiger partial charge in [0.15, 0.2) is 0 Å². The molecule has 0 radical (unpaired) electrons. The van der Waals surface area contributed by atoms with E-state index < -0.39 is 10.0 Å². The van der Waals surface area contributed by atoms with E-state index in [9.17, 15) is 13.2 Å². The summed E-state index contributed by atoms with van der Waals surface area (Å²) in [4.78, 5) is 14.8. The number of hydrogen-bond donors (Lipinski definition) is 2. The van der Waals surface area contributed by atoms with Crippen molar-refractivity contribution in [3.63, 3.8) is 0 Å². The Morgan fingerprint density at radius 1 is 1.15 bits per heavy atom. The first-order valence-corrected chi connectivity index (χ1v) is 10.7. The van der Waals surface area contributed by atoms with Gasteiger partial charge in [-0.2, -0.15) is 4.31 Å². The highest BCUT2D eigenvalue weighted by Crippen LogP contribution is 2.16. The monoisotopic (exact) mass is 382 g/mol. The van der Waals surface area contributed by atoms with Gasteiger partial charge in [-0.25, -0.2) is 8.42 Å². The van der Waals surface area contributed by atoms with Gasteiger partial charge in [-0.3, -0.25) is 4.79 Å². The van der Waals surface area contributed by atoms with E-state index >= 15 is 0 Å². The summed E-state index contributed by atoms with van der Waals surface area (Å²) in [5.41, 5.74) is 0.477. The molecule has 2 rings (SSSR count). The van der Waals surface area contributed by atoms with E-state index in [1.807, 2.05) is 13.8 Å². The molecule has 0 unspecified atom stereocenters. The molecule has 1 heterocycles. The van der Waals surface area contributed by atoms with Crippen molar-refractivity contribution in [2.45, 2.75) is 25.2 Å². The van der Waals surface area contributed by atoms with Gasteiger partial charge in [0.25, 0.3) is 5.91 Å². The van der Waals surface area contributed by atoms with Crippen LogP contribution in [0.3, 0.4) is 0 Å². The maximum absolute atomic E-state index is 12.5. The molecule has 0 spiro atoms. The van der Waals surface area contributed by atoms with Gasteiger partial charge in [0.05, 0.1) is 4.90 Å². The Labute approximate surface area is 156 Å². The maximum Gasteiger partial charge on any atom is 0.251 e. The third kappa shape index (κ3) is 5.51. The van der Waals surface area contributed by atoms with Gasteiger partial charge in [-0.15, -0.1) is 0 Å². The van der Waals surface area contributed by atoms with Crippen LogP contribution in [0, 0.1) is 0 Å². The van der Waals surface area contributed by atoms with Crippen LogP contribution in [0.1, 0.15) is 30.6 Å². The van der Waals surface area contributed by atoms with E-state index in [1.165, 1.54) is 16.4 Å². The summed E-state index contributed by atoms with van der Waals surface area (Å²) >= 11 is 0. The van der Waals surface area contributed by atoms with Crippen molar-refractivity contribution in [2.75, 3.05) is 52.4 Å².